The van der Waals surface area contributed by atoms with Crippen molar-refractivity contribution in [3.05, 3.63) is 29.8 Å². The zero-order chi connectivity index (χ0) is 12.3. The zero-order valence-electron chi connectivity index (χ0n) is 10.4. The summed E-state index contributed by atoms with van der Waals surface area (Å²) < 4.78 is 0. The minimum Gasteiger partial charge on any atom is -0.387 e. The van der Waals surface area contributed by atoms with Crippen molar-refractivity contribution in [2.75, 3.05) is 0 Å². The predicted octanol–water partition coefficient (Wildman–Crippen LogP) is 2.96. The van der Waals surface area contributed by atoms with Crippen molar-refractivity contribution in [2.45, 2.75) is 49.5 Å². The first-order valence-corrected chi connectivity index (χ1v) is 6.42. The third-order valence-corrected chi connectivity index (χ3v) is 3.29. The highest BCUT2D eigenvalue weighted by atomic mass is 32.2. The third-order valence-electron chi connectivity index (χ3n) is 2.27. The molecule has 3 heteroatoms. The van der Waals surface area contributed by atoms with E-state index in [0.29, 0.717) is 5.25 Å². The zero-order valence-corrected chi connectivity index (χ0v) is 11.2. The van der Waals surface area contributed by atoms with Gasteiger partial charge in [0.2, 0.25) is 0 Å². The summed E-state index contributed by atoms with van der Waals surface area (Å²) in [6.45, 7) is 7.98. The van der Waals surface area contributed by atoms with Crippen molar-refractivity contribution in [3.63, 3.8) is 0 Å². The molecule has 0 spiro atoms. The summed E-state index contributed by atoms with van der Waals surface area (Å²) in [4.78, 5) is 1.22. The fourth-order valence-electron chi connectivity index (χ4n) is 1.43. The van der Waals surface area contributed by atoms with Crippen LogP contribution < -0.4 is 5.73 Å². The molecule has 0 saturated carbocycles. The first-order chi connectivity index (χ1) is 7.30. The quantitative estimate of drug-likeness (QED) is 0.794. The van der Waals surface area contributed by atoms with Crippen LogP contribution in [0.1, 0.15) is 39.4 Å². The molecule has 0 aromatic heterocycles. The van der Waals surface area contributed by atoms with Crippen molar-refractivity contribution in [1.29, 1.82) is 0 Å². The molecule has 0 fully saturated rings. The lowest BCUT2D eigenvalue weighted by molar-refractivity contribution is 0.104. The van der Waals surface area contributed by atoms with Gasteiger partial charge in [-0.2, -0.15) is 0 Å². The van der Waals surface area contributed by atoms with Gasteiger partial charge in [0.25, 0.3) is 0 Å². The summed E-state index contributed by atoms with van der Waals surface area (Å²) in [5.41, 5.74) is 6.15. The molecule has 3 N–H and O–H groups in total. The number of aliphatic hydroxyl groups excluding tert-OH is 1. The summed E-state index contributed by atoms with van der Waals surface area (Å²) in [5, 5.41) is 10.6. The molecule has 0 heterocycles. The van der Waals surface area contributed by atoms with E-state index in [1.165, 1.54) is 4.90 Å². The average Bonchev–Trinajstić information content (AvgIpc) is 2.15. The van der Waals surface area contributed by atoms with Gasteiger partial charge in [-0.25, -0.2) is 0 Å². The molecule has 1 aromatic rings. The highest BCUT2D eigenvalue weighted by Gasteiger charge is 2.24. The van der Waals surface area contributed by atoms with E-state index >= 15 is 0 Å². The van der Waals surface area contributed by atoms with Gasteiger partial charge in [0, 0.05) is 15.7 Å². The van der Waals surface area contributed by atoms with E-state index in [0.717, 1.165) is 5.56 Å². The van der Waals surface area contributed by atoms with E-state index in [4.69, 9.17) is 5.73 Å². The number of nitrogens with two attached hydrogens (primary N) is 1. The Morgan fingerprint density at radius 1 is 1.19 bits per heavy atom. The topological polar surface area (TPSA) is 46.2 Å². The third kappa shape index (κ3) is 3.81. The molecule has 0 aliphatic heterocycles. The van der Waals surface area contributed by atoms with Gasteiger partial charge in [-0.05, 0) is 31.5 Å². The maximum Gasteiger partial charge on any atom is 0.0963 e. The van der Waals surface area contributed by atoms with Crippen LogP contribution in [0.2, 0.25) is 0 Å². The molecule has 0 saturated heterocycles. The molecular formula is C13H21NOS. The van der Waals surface area contributed by atoms with E-state index in [1.54, 1.807) is 0 Å². The van der Waals surface area contributed by atoms with Crippen molar-refractivity contribution < 1.29 is 5.11 Å². The van der Waals surface area contributed by atoms with Gasteiger partial charge >= 0.3 is 0 Å². The Balaban J connectivity index is 2.79. The van der Waals surface area contributed by atoms with E-state index < -0.39 is 11.6 Å². The van der Waals surface area contributed by atoms with Crippen LogP contribution in [0.25, 0.3) is 0 Å². The van der Waals surface area contributed by atoms with Crippen LogP contribution in [0.3, 0.4) is 0 Å². The lowest BCUT2D eigenvalue weighted by Crippen LogP contribution is -2.39. The first-order valence-electron chi connectivity index (χ1n) is 5.54. The molecule has 1 atom stereocenters. The smallest absolute Gasteiger partial charge is 0.0963 e. The Morgan fingerprint density at radius 3 is 2.06 bits per heavy atom. The molecular weight excluding hydrogens is 218 g/mol. The van der Waals surface area contributed by atoms with E-state index in [9.17, 15) is 5.11 Å². The Morgan fingerprint density at radius 2 is 1.69 bits per heavy atom. The molecule has 1 aromatic carbocycles. The highest BCUT2D eigenvalue weighted by Crippen LogP contribution is 2.27. The Hall–Kier alpha value is -0.510. The van der Waals surface area contributed by atoms with Crippen LogP contribution in [-0.4, -0.2) is 15.9 Å². The molecule has 0 radical (unpaired) electrons. The average molecular weight is 239 g/mol. The normalized spacial score (nSPS) is 14.2. The number of rotatable bonds is 4. The molecule has 0 aliphatic rings. The van der Waals surface area contributed by atoms with Gasteiger partial charge < -0.3 is 10.8 Å². The van der Waals surface area contributed by atoms with Gasteiger partial charge in [0.15, 0.2) is 0 Å². The number of hydrogen-bond acceptors (Lipinski definition) is 3. The molecule has 16 heavy (non-hydrogen) atoms. The molecule has 1 unspecified atom stereocenters. The molecule has 0 aliphatic carbocycles. The number of hydrogen-bond donors (Lipinski definition) is 2. The maximum absolute atomic E-state index is 10.00. The molecule has 2 nitrogen and oxygen atoms in total. The fourth-order valence-corrected chi connectivity index (χ4v) is 2.27. The number of thioether (sulfide) groups is 1. The summed E-state index contributed by atoms with van der Waals surface area (Å²) in [6, 6.07) is 7.97. The molecule has 90 valence electrons. The minimum atomic E-state index is -0.620. The van der Waals surface area contributed by atoms with Crippen molar-refractivity contribution in [1.82, 2.24) is 0 Å². The maximum atomic E-state index is 10.00. The van der Waals surface area contributed by atoms with Gasteiger partial charge in [-0.15, -0.1) is 11.8 Å². The van der Waals surface area contributed by atoms with Crippen LogP contribution in [-0.2, 0) is 0 Å². The van der Waals surface area contributed by atoms with Crippen molar-refractivity contribution in [2.24, 2.45) is 5.73 Å². The summed E-state index contributed by atoms with van der Waals surface area (Å²) in [7, 11) is 0. The minimum absolute atomic E-state index is 0.571. The van der Waals surface area contributed by atoms with Gasteiger partial charge in [-0.3, -0.25) is 0 Å². The monoisotopic (exact) mass is 239 g/mol. The van der Waals surface area contributed by atoms with E-state index in [-0.39, 0.29) is 0 Å². The van der Waals surface area contributed by atoms with Gasteiger partial charge in [0.05, 0.1) is 6.10 Å². The second kappa shape index (κ2) is 5.21. The lowest BCUT2D eigenvalue weighted by Gasteiger charge is -2.26. The predicted molar refractivity (Wildman–Crippen MR) is 70.7 cm³/mol. The number of aliphatic hydroxyl groups is 1. The second-order valence-electron chi connectivity index (χ2n) is 4.96. The van der Waals surface area contributed by atoms with Crippen molar-refractivity contribution >= 4 is 11.8 Å². The highest BCUT2D eigenvalue weighted by molar-refractivity contribution is 7.99. The van der Waals surface area contributed by atoms with E-state index in [2.05, 4.69) is 13.8 Å². The SMILES string of the molecule is CC(C)Sc1ccc(C(O)C(C)(C)N)cc1. The Bertz CT molecular complexity index is 327. The summed E-state index contributed by atoms with van der Waals surface area (Å²) in [6.07, 6.45) is -0.620. The van der Waals surface area contributed by atoms with Gasteiger partial charge in [0.1, 0.15) is 0 Å². The van der Waals surface area contributed by atoms with E-state index in [1.807, 2.05) is 49.9 Å². The van der Waals surface area contributed by atoms with Crippen LogP contribution in [0.5, 0.6) is 0 Å². The largest absolute Gasteiger partial charge is 0.387 e. The Kier molecular flexibility index (Phi) is 4.42. The Labute approximate surface area is 102 Å². The molecule has 0 amide bonds. The van der Waals surface area contributed by atoms with Crippen molar-refractivity contribution in [3.8, 4) is 0 Å². The molecule has 1 rings (SSSR count). The molecule has 0 bridgehead atoms. The lowest BCUT2D eigenvalue weighted by atomic mass is 9.93. The van der Waals surface area contributed by atoms with Crippen LogP contribution >= 0.6 is 11.8 Å². The van der Waals surface area contributed by atoms with Gasteiger partial charge in [-0.1, -0.05) is 26.0 Å². The van der Waals surface area contributed by atoms with Crippen LogP contribution in [0.4, 0.5) is 0 Å². The number of benzene rings is 1. The fraction of sp³-hybridized carbons (Fsp3) is 0.538. The van der Waals surface area contributed by atoms with Crippen LogP contribution in [0.15, 0.2) is 29.2 Å². The summed E-state index contributed by atoms with van der Waals surface area (Å²) >= 11 is 1.81. The second-order valence-corrected chi connectivity index (χ2v) is 6.61. The van der Waals surface area contributed by atoms with Crippen LogP contribution in [0, 0.1) is 0 Å². The summed E-state index contributed by atoms with van der Waals surface area (Å²) in [5.74, 6) is 0. The first kappa shape index (κ1) is 13.6. The standard InChI is InChI=1S/C13H21NOS/c1-9(2)16-11-7-5-10(6-8-11)12(15)13(3,4)14/h5-9,12,15H,14H2,1-4H3.